The molecule has 0 aliphatic heterocycles. The van der Waals surface area contributed by atoms with Crippen molar-refractivity contribution in [1.29, 1.82) is 0 Å². The van der Waals surface area contributed by atoms with Gasteiger partial charge in [0.2, 0.25) is 5.78 Å². The number of nitrogens with zero attached hydrogens (tertiary/aromatic N) is 2. The first kappa shape index (κ1) is 25.9. The summed E-state index contributed by atoms with van der Waals surface area (Å²) in [4.78, 5) is 26.8. The zero-order valence-corrected chi connectivity index (χ0v) is 21.3. The fourth-order valence-corrected chi connectivity index (χ4v) is 3.23. The Kier molecular flexibility index (Phi) is 9.78. The van der Waals surface area contributed by atoms with Gasteiger partial charge in [0.15, 0.2) is 0 Å². The minimum absolute atomic E-state index is 0.244. The van der Waals surface area contributed by atoms with Crippen LogP contribution < -0.4 is 5.32 Å². The molecular weight excluding hydrogens is 513 g/mol. The number of Topliss-reactive ketones (excluding diaryl/α,β-unsaturated/α-hetero) is 1. The molecule has 30 heavy (non-hydrogen) atoms. The molecule has 0 aliphatic rings. The molecule has 1 aromatic carbocycles. The Morgan fingerprint density at radius 1 is 1.27 bits per heavy atom. The number of hydrogen-bond donors (Lipinski definition) is 1. The van der Waals surface area contributed by atoms with Gasteiger partial charge >= 0.3 is 6.09 Å². The molecule has 0 unspecified atom stereocenters. The Morgan fingerprint density at radius 3 is 2.37 bits per heavy atom. The van der Waals surface area contributed by atoms with Gasteiger partial charge in [-0.2, -0.15) is 0 Å². The smallest absolute Gasteiger partial charge is 0.412 e. The first-order chi connectivity index (χ1) is 13.9. The SMILES string of the molecule is C#C/C(=C\N(C)C)C(=O)/C(=C/c1ccc(NC(=O)OC(C)(C)C)c(C)c1)N(C)SI. The van der Waals surface area contributed by atoms with Crippen LogP contribution in [0.1, 0.15) is 31.9 Å². The number of carbonyl (C=O) groups is 2. The van der Waals surface area contributed by atoms with Crippen LogP contribution >= 0.6 is 30.3 Å². The molecule has 0 saturated carbocycles. The highest BCUT2D eigenvalue weighted by Gasteiger charge is 2.19. The van der Waals surface area contributed by atoms with E-state index in [0.29, 0.717) is 11.4 Å². The second-order valence-electron chi connectivity index (χ2n) is 7.78. The zero-order valence-electron chi connectivity index (χ0n) is 18.4. The average molecular weight is 541 g/mol. The van der Waals surface area contributed by atoms with Gasteiger partial charge in [0.25, 0.3) is 0 Å². The lowest BCUT2D eigenvalue weighted by molar-refractivity contribution is -0.112. The molecule has 0 aromatic heterocycles. The summed E-state index contributed by atoms with van der Waals surface area (Å²) >= 11 is 2.11. The number of benzene rings is 1. The summed E-state index contributed by atoms with van der Waals surface area (Å²) in [7, 11) is 6.80. The third-order valence-corrected chi connectivity index (χ3v) is 5.83. The molecule has 0 heterocycles. The minimum Gasteiger partial charge on any atom is -0.444 e. The molecular formula is C22H28IN3O3S. The summed E-state index contributed by atoms with van der Waals surface area (Å²) in [5.41, 5.74) is 2.43. The number of anilines is 1. The number of amides is 1. The third kappa shape index (κ3) is 8.32. The van der Waals surface area contributed by atoms with Gasteiger partial charge in [-0.05, 0) is 57.0 Å². The monoisotopic (exact) mass is 541 g/mol. The third-order valence-electron chi connectivity index (χ3n) is 3.65. The lowest BCUT2D eigenvalue weighted by Gasteiger charge is -2.20. The molecule has 0 fully saturated rings. The molecule has 162 valence electrons. The van der Waals surface area contributed by atoms with Gasteiger partial charge in [-0.1, -0.05) is 12.0 Å². The largest absolute Gasteiger partial charge is 0.444 e. The number of ketones is 1. The summed E-state index contributed by atoms with van der Waals surface area (Å²) in [6.45, 7) is 7.30. The van der Waals surface area contributed by atoms with Crippen LogP contribution in [0, 0.1) is 19.3 Å². The maximum absolute atomic E-state index is 13.0. The number of likely N-dealkylation sites (N-methyl/N-ethyl adjacent to an activating group) is 1. The van der Waals surface area contributed by atoms with Crippen molar-refractivity contribution in [2.45, 2.75) is 33.3 Å². The van der Waals surface area contributed by atoms with Gasteiger partial charge in [0.05, 0.1) is 11.3 Å². The number of nitrogens with one attached hydrogen (secondary N) is 1. The van der Waals surface area contributed by atoms with Crippen LogP contribution in [-0.2, 0) is 9.53 Å². The lowest BCUT2D eigenvalue weighted by Crippen LogP contribution is -2.27. The topological polar surface area (TPSA) is 61.9 Å². The minimum atomic E-state index is -0.577. The maximum atomic E-state index is 13.0. The van der Waals surface area contributed by atoms with Gasteiger partial charge in [-0.25, -0.2) is 4.79 Å². The van der Waals surface area contributed by atoms with Crippen molar-refractivity contribution >= 4 is 54.0 Å². The predicted octanol–water partition coefficient (Wildman–Crippen LogP) is 5.26. The zero-order chi connectivity index (χ0) is 23.1. The Hall–Kier alpha value is -2.12. The van der Waals surface area contributed by atoms with Crippen molar-refractivity contribution in [3.05, 3.63) is 46.8 Å². The van der Waals surface area contributed by atoms with E-state index in [4.69, 9.17) is 11.2 Å². The number of terminal acetylenes is 1. The maximum Gasteiger partial charge on any atom is 0.412 e. The normalized spacial score (nSPS) is 12.1. The van der Waals surface area contributed by atoms with Crippen molar-refractivity contribution < 1.29 is 14.3 Å². The number of ether oxygens (including phenoxy) is 1. The molecule has 8 heteroatoms. The van der Waals surface area contributed by atoms with E-state index >= 15 is 0 Å². The predicted molar refractivity (Wildman–Crippen MR) is 134 cm³/mol. The number of aryl methyl sites for hydroxylation is 1. The molecule has 0 spiro atoms. The quantitative estimate of drug-likeness (QED) is 0.220. The van der Waals surface area contributed by atoms with E-state index in [1.807, 2.05) is 53.9 Å². The number of allylic oxidation sites excluding steroid dienone is 1. The molecule has 6 nitrogen and oxygen atoms in total. The molecule has 1 amide bonds. The van der Waals surface area contributed by atoms with Crippen LogP contribution in [0.5, 0.6) is 0 Å². The van der Waals surface area contributed by atoms with Crippen LogP contribution in [0.25, 0.3) is 6.08 Å². The molecule has 1 N–H and O–H groups in total. The van der Waals surface area contributed by atoms with E-state index in [9.17, 15) is 9.59 Å². The van der Waals surface area contributed by atoms with Crippen molar-refractivity contribution in [1.82, 2.24) is 9.21 Å². The van der Waals surface area contributed by atoms with Gasteiger partial charge < -0.3 is 13.9 Å². The van der Waals surface area contributed by atoms with E-state index in [1.54, 1.807) is 34.6 Å². The first-order valence-corrected chi connectivity index (χ1v) is 12.4. The fourth-order valence-electron chi connectivity index (χ4n) is 2.38. The van der Waals surface area contributed by atoms with E-state index in [0.717, 1.165) is 11.1 Å². The number of carbonyl (C=O) groups excluding carboxylic acids is 2. The van der Waals surface area contributed by atoms with Crippen LogP contribution in [0.2, 0.25) is 0 Å². The Balaban J connectivity index is 3.23. The standard InChI is InChI=1S/C22H28IN3O3S/c1-9-17(14-25(6)7)20(27)19(26(8)30-23)13-16-10-11-18(15(2)12-16)24-21(28)29-22(3,4)5/h1,10-14H,2-8H3,(H,24,28)/b17-14+,19-13-. The lowest BCUT2D eigenvalue weighted by atomic mass is 10.0. The van der Waals surface area contributed by atoms with Crippen molar-refractivity contribution in [3.63, 3.8) is 0 Å². The Bertz CT molecular complexity index is 896. The van der Waals surface area contributed by atoms with Crippen LogP contribution in [0.4, 0.5) is 10.5 Å². The Labute approximate surface area is 195 Å². The van der Waals surface area contributed by atoms with Gasteiger partial charge in [-0.15, -0.1) is 6.42 Å². The van der Waals surface area contributed by atoms with Crippen LogP contribution in [0.15, 0.2) is 35.7 Å². The second kappa shape index (κ2) is 11.3. The summed E-state index contributed by atoms with van der Waals surface area (Å²) in [5, 5.41) is 2.75. The van der Waals surface area contributed by atoms with E-state index in [-0.39, 0.29) is 11.4 Å². The highest BCUT2D eigenvalue weighted by molar-refractivity contribution is 14.2. The van der Waals surface area contributed by atoms with E-state index in [1.165, 1.54) is 9.12 Å². The highest BCUT2D eigenvalue weighted by Crippen LogP contribution is 2.27. The molecule has 0 bridgehead atoms. The van der Waals surface area contributed by atoms with Gasteiger partial charge in [0, 0.05) is 63.4 Å². The van der Waals surface area contributed by atoms with Crippen LogP contribution in [0.3, 0.4) is 0 Å². The number of halogens is 1. The summed E-state index contributed by atoms with van der Waals surface area (Å²) in [6, 6.07) is 5.49. The van der Waals surface area contributed by atoms with Crippen LogP contribution in [-0.4, -0.2) is 47.8 Å². The first-order valence-electron chi connectivity index (χ1n) is 9.12. The molecule has 0 saturated heterocycles. The van der Waals surface area contributed by atoms with Gasteiger partial charge in [-0.3, -0.25) is 10.1 Å². The molecule has 0 radical (unpaired) electrons. The summed E-state index contributed by atoms with van der Waals surface area (Å²) in [6.07, 6.45) is 8.44. The molecule has 1 rings (SSSR count). The number of hydrogen-bond acceptors (Lipinski definition) is 6. The molecule has 0 aliphatic carbocycles. The van der Waals surface area contributed by atoms with Gasteiger partial charge in [0.1, 0.15) is 5.60 Å². The van der Waals surface area contributed by atoms with E-state index in [2.05, 4.69) is 32.4 Å². The fraction of sp³-hybridized carbons (Fsp3) is 0.364. The molecule has 0 atom stereocenters. The Morgan fingerprint density at radius 2 is 1.90 bits per heavy atom. The summed E-state index contributed by atoms with van der Waals surface area (Å²) < 4.78 is 7.05. The average Bonchev–Trinajstić information content (AvgIpc) is 2.63. The van der Waals surface area contributed by atoms with Crippen molar-refractivity contribution in [3.8, 4) is 12.3 Å². The van der Waals surface area contributed by atoms with Crippen molar-refractivity contribution in [2.75, 3.05) is 26.5 Å². The second-order valence-corrected chi connectivity index (χ2v) is 9.64. The summed E-state index contributed by atoms with van der Waals surface area (Å²) in [5.74, 6) is 2.22. The van der Waals surface area contributed by atoms with E-state index < -0.39 is 11.7 Å². The highest BCUT2D eigenvalue weighted by atomic mass is 127. The van der Waals surface area contributed by atoms with Crippen molar-refractivity contribution in [2.24, 2.45) is 0 Å². The molecule has 1 aromatic rings. The number of rotatable bonds is 7.